The van der Waals surface area contributed by atoms with Gasteiger partial charge in [0.15, 0.2) is 5.58 Å². The van der Waals surface area contributed by atoms with Crippen LogP contribution in [0.2, 0.25) is 0 Å². The Morgan fingerprint density at radius 3 is 2.53 bits per heavy atom. The third-order valence-corrected chi connectivity index (χ3v) is 3.19. The first-order valence-electron chi connectivity index (χ1n) is 6.22. The molecule has 1 aromatic heterocycles. The zero-order valence-corrected chi connectivity index (χ0v) is 10.7. The molecule has 0 saturated heterocycles. The van der Waals surface area contributed by atoms with Gasteiger partial charge in [0.1, 0.15) is 5.52 Å². The van der Waals surface area contributed by atoms with Crippen LogP contribution in [-0.2, 0) is 6.42 Å². The van der Waals surface area contributed by atoms with Crippen LogP contribution in [0.15, 0.2) is 40.8 Å². The molecule has 0 bridgehead atoms. The van der Waals surface area contributed by atoms with Gasteiger partial charge in [-0.2, -0.15) is 0 Å². The summed E-state index contributed by atoms with van der Waals surface area (Å²) >= 11 is 0. The molecule has 4 nitrogen and oxygen atoms in total. The SMILES string of the molecule is CCc1cc2oc(-c3ccc(N)cc3)nc2cc1N. The van der Waals surface area contributed by atoms with Crippen molar-refractivity contribution in [1.29, 1.82) is 0 Å². The van der Waals surface area contributed by atoms with Crippen LogP contribution in [0.3, 0.4) is 0 Å². The quantitative estimate of drug-likeness (QED) is 0.687. The first kappa shape index (κ1) is 11.6. The van der Waals surface area contributed by atoms with Gasteiger partial charge in [-0.3, -0.25) is 0 Å². The molecule has 0 aliphatic rings. The lowest BCUT2D eigenvalue weighted by atomic mass is 10.1. The molecule has 96 valence electrons. The Morgan fingerprint density at radius 1 is 1.11 bits per heavy atom. The van der Waals surface area contributed by atoms with Crippen molar-refractivity contribution in [3.05, 3.63) is 42.0 Å². The number of nitrogens with two attached hydrogens (primary N) is 2. The Kier molecular flexibility index (Phi) is 2.63. The van der Waals surface area contributed by atoms with Gasteiger partial charge in [0.05, 0.1) is 0 Å². The molecule has 19 heavy (non-hydrogen) atoms. The number of benzene rings is 2. The van der Waals surface area contributed by atoms with Crippen LogP contribution in [0.25, 0.3) is 22.6 Å². The topological polar surface area (TPSA) is 78.1 Å². The van der Waals surface area contributed by atoms with E-state index in [-0.39, 0.29) is 0 Å². The summed E-state index contributed by atoms with van der Waals surface area (Å²) in [6.07, 6.45) is 0.875. The predicted octanol–water partition coefficient (Wildman–Crippen LogP) is 3.22. The molecule has 0 amide bonds. The first-order valence-corrected chi connectivity index (χ1v) is 6.22. The Bertz CT molecular complexity index is 729. The van der Waals surface area contributed by atoms with Crippen LogP contribution < -0.4 is 11.5 Å². The van der Waals surface area contributed by atoms with Gasteiger partial charge >= 0.3 is 0 Å². The van der Waals surface area contributed by atoms with E-state index in [4.69, 9.17) is 15.9 Å². The van der Waals surface area contributed by atoms with E-state index in [0.29, 0.717) is 5.89 Å². The number of nitrogen functional groups attached to an aromatic ring is 2. The highest BCUT2D eigenvalue weighted by Crippen LogP contribution is 2.28. The van der Waals surface area contributed by atoms with Crippen LogP contribution in [0, 0.1) is 0 Å². The molecule has 0 fully saturated rings. The van der Waals surface area contributed by atoms with E-state index in [1.165, 1.54) is 0 Å². The lowest BCUT2D eigenvalue weighted by molar-refractivity contribution is 0.619. The molecule has 3 aromatic rings. The number of aromatic nitrogens is 1. The number of hydrogen-bond acceptors (Lipinski definition) is 4. The first-order chi connectivity index (χ1) is 9.17. The van der Waals surface area contributed by atoms with E-state index in [2.05, 4.69) is 11.9 Å². The highest BCUT2D eigenvalue weighted by molar-refractivity contribution is 5.81. The third-order valence-electron chi connectivity index (χ3n) is 3.19. The zero-order chi connectivity index (χ0) is 13.4. The highest BCUT2D eigenvalue weighted by atomic mass is 16.3. The number of oxazole rings is 1. The molecular weight excluding hydrogens is 238 g/mol. The highest BCUT2D eigenvalue weighted by Gasteiger charge is 2.10. The van der Waals surface area contributed by atoms with Crippen LogP contribution in [0.4, 0.5) is 11.4 Å². The minimum absolute atomic E-state index is 0.586. The standard InChI is InChI=1S/C15H15N3O/c1-2-9-7-14-13(8-12(9)17)18-15(19-14)10-3-5-11(16)6-4-10/h3-8H,2,16-17H2,1H3. The molecule has 0 saturated carbocycles. The average Bonchev–Trinajstić information content (AvgIpc) is 2.81. The normalized spacial score (nSPS) is 11.0. The smallest absolute Gasteiger partial charge is 0.227 e. The van der Waals surface area contributed by atoms with E-state index in [1.807, 2.05) is 36.4 Å². The predicted molar refractivity (Wildman–Crippen MR) is 77.6 cm³/mol. The largest absolute Gasteiger partial charge is 0.436 e. The molecule has 3 rings (SSSR count). The fourth-order valence-corrected chi connectivity index (χ4v) is 2.09. The molecule has 0 aliphatic heterocycles. The van der Waals surface area contributed by atoms with Crippen molar-refractivity contribution < 1.29 is 4.42 Å². The van der Waals surface area contributed by atoms with Gasteiger partial charge in [-0.05, 0) is 48.4 Å². The van der Waals surface area contributed by atoms with Crippen LogP contribution in [-0.4, -0.2) is 4.98 Å². The summed E-state index contributed by atoms with van der Waals surface area (Å²) in [4.78, 5) is 4.46. The van der Waals surface area contributed by atoms with Gasteiger partial charge in [-0.15, -0.1) is 0 Å². The molecule has 4 N–H and O–H groups in total. The van der Waals surface area contributed by atoms with E-state index in [9.17, 15) is 0 Å². The van der Waals surface area contributed by atoms with E-state index < -0.39 is 0 Å². The van der Waals surface area contributed by atoms with Gasteiger partial charge in [0, 0.05) is 16.9 Å². The Hall–Kier alpha value is -2.49. The summed E-state index contributed by atoms with van der Waals surface area (Å²) in [5.41, 5.74) is 16.6. The molecular formula is C15H15N3O. The van der Waals surface area contributed by atoms with Crippen molar-refractivity contribution in [3.8, 4) is 11.5 Å². The van der Waals surface area contributed by atoms with Crippen LogP contribution >= 0.6 is 0 Å². The van der Waals surface area contributed by atoms with E-state index >= 15 is 0 Å². The zero-order valence-electron chi connectivity index (χ0n) is 10.7. The number of anilines is 2. The number of rotatable bonds is 2. The minimum Gasteiger partial charge on any atom is -0.436 e. The lowest BCUT2D eigenvalue weighted by Gasteiger charge is -2.00. The number of fused-ring (bicyclic) bond motifs is 1. The molecule has 2 aromatic carbocycles. The summed E-state index contributed by atoms with van der Waals surface area (Å²) < 4.78 is 5.78. The van der Waals surface area contributed by atoms with Gasteiger partial charge in [-0.1, -0.05) is 6.92 Å². The minimum atomic E-state index is 0.586. The molecule has 0 radical (unpaired) electrons. The van der Waals surface area contributed by atoms with Crippen molar-refractivity contribution in [3.63, 3.8) is 0 Å². The molecule has 0 atom stereocenters. The maximum absolute atomic E-state index is 5.97. The second-order valence-corrected chi connectivity index (χ2v) is 4.51. The molecule has 0 aliphatic carbocycles. The molecule has 0 spiro atoms. The Balaban J connectivity index is 2.13. The van der Waals surface area contributed by atoms with E-state index in [1.54, 1.807) is 0 Å². The lowest BCUT2D eigenvalue weighted by Crippen LogP contribution is -1.91. The second kappa shape index (κ2) is 4.31. The van der Waals surface area contributed by atoms with Gasteiger partial charge in [0.2, 0.25) is 5.89 Å². The van der Waals surface area contributed by atoms with Crippen molar-refractivity contribution in [2.45, 2.75) is 13.3 Å². The van der Waals surface area contributed by atoms with Crippen LogP contribution in [0.1, 0.15) is 12.5 Å². The average molecular weight is 253 g/mol. The Labute approximate surface area is 111 Å². The third kappa shape index (κ3) is 2.01. The maximum atomic E-state index is 5.97. The van der Waals surface area contributed by atoms with Crippen molar-refractivity contribution >= 4 is 22.5 Å². The fourth-order valence-electron chi connectivity index (χ4n) is 2.09. The van der Waals surface area contributed by atoms with Gasteiger partial charge in [-0.25, -0.2) is 4.98 Å². The summed E-state index contributed by atoms with van der Waals surface area (Å²) in [5.74, 6) is 0.586. The van der Waals surface area contributed by atoms with Crippen LogP contribution in [0.5, 0.6) is 0 Å². The maximum Gasteiger partial charge on any atom is 0.227 e. The summed E-state index contributed by atoms with van der Waals surface area (Å²) in [5, 5.41) is 0. The number of hydrogen-bond donors (Lipinski definition) is 2. The molecule has 4 heteroatoms. The van der Waals surface area contributed by atoms with Crippen molar-refractivity contribution in [2.75, 3.05) is 11.5 Å². The monoisotopic (exact) mass is 253 g/mol. The van der Waals surface area contributed by atoms with Crippen molar-refractivity contribution in [2.24, 2.45) is 0 Å². The summed E-state index contributed by atoms with van der Waals surface area (Å²) in [7, 11) is 0. The number of aryl methyl sites for hydroxylation is 1. The summed E-state index contributed by atoms with van der Waals surface area (Å²) in [6.45, 7) is 2.06. The van der Waals surface area contributed by atoms with E-state index in [0.717, 1.165) is 40.0 Å². The second-order valence-electron chi connectivity index (χ2n) is 4.51. The summed E-state index contributed by atoms with van der Waals surface area (Å²) in [6, 6.07) is 11.3. The molecule has 0 unspecified atom stereocenters. The molecule has 1 heterocycles. The van der Waals surface area contributed by atoms with Gasteiger partial charge in [0.25, 0.3) is 0 Å². The fraction of sp³-hybridized carbons (Fsp3) is 0.133. The van der Waals surface area contributed by atoms with Gasteiger partial charge < -0.3 is 15.9 Å². The number of nitrogens with zero attached hydrogens (tertiary/aromatic N) is 1. The van der Waals surface area contributed by atoms with Crippen molar-refractivity contribution in [1.82, 2.24) is 4.98 Å². The Morgan fingerprint density at radius 2 is 1.84 bits per heavy atom.